The van der Waals surface area contributed by atoms with Gasteiger partial charge in [-0.05, 0) is 32.1 Å². The third-order valence-corrected chi connectivity index (χ3v) is 5.53. The Kier molecular flexibility index (Phi) is 5.06. The Morgan fingerprint density at radius 2 is 1.73 bits per heavy atom. The van der Waals surface area contributed by atoms with Crippen molar-refractivity contribution in [3.63, 3.8) is 0 Å². The average Bonchev–Trinajstić information content (AvgIpc) is 2.18. The molecular formula is C11H22O3S. The van der Waals surface area contributed by atoms with Crippen LogP contribution in [0.5, 0.6) is 0 Å². The van der Waals surface area contributed by atoms with E-state index in [-0.39, 0.29) is 11.4 Å². The van der Waals surface area contributed by atoms with Crippen LogP contribution in [-0.2, 0) is 9.84 Å². The largest absolute Gasteiger partial charge is 0.393 e. The summed E-state index contributed by atoms with van der Waals surface area (Å²) in [6, 6.07) is 0. The van der Waals surface area contributed by atoms with Crippen LogP contribution in [0.1, 0.15) is 51.9 Å². The van der Waals surface area contributed by atoms with E-state index in [2.05, 4.69) is 6.92 Å². The molecule has 1 aliphatic rings. The molecule has 1 fully saturated rings. The van der Waals surface area contributed by atoms with Gasteiger partial charge in [0.2, 0.25) is 0 Å². The summed E-state index contributed by atoms with van der Waals surface area (Å²) in [7, 11) is -2.89. The summed E-state index contributed by atoms with van der Waals surface area (Å²) in [5.74, 6) is 0.335. The molecule has 0 aromatic heterocycles. The van der Waals surface area contributed by atoms with Crippen molar-refractivity contribution in [2.75, 3.05) is 5.75 Å². The molecule has 3 nitrogen and oxygen atoms in total. The van der Waals surface area contributed by atoms with E-state index in [9.17, 15) is 13.5 Å². The van der Waals surface area contributed by atoms with E-state index in [0.29, 0.717) is 31.4 Å². The highest BCUT2D eigenvalue weighted by Gasteiger charge is 2.29. The minimum Gasteiger partial charge on any atom is -0.393 e. The van der Waals surface area contributed by atoms with Crippen molar-refractivity contribution >= 4 is 9.84 Å². The second kappa shape index (κ2) is 5.85. The maximum atomic E-state index is 11.9. The Bertz CT molecular complexity index is 264. The fourth-order valence-electron chi connectivity index (χ4n) is 2.12. The van der Waals surface area contributed by atoms with Crippen LogP contribution in [0.3, 0.4) is 0 Å². The van der Waals surface area contributed by atoms with Crippen molar-refractivity contribution < 1.29 is 13.5 Å². The summed E-state index contributed by atoms with van der Waals surface area (Å²) in [6.07, 6.45) is 5.17. The normalized spacial score (nSPS) is 27.9. The van der Waals surface area contributed by atoms with Crippen molar-refractivity contribution in [2.45, 2.75) is 63.2 Å². The van der Waals surface area contributed by atoms with Gasteiger partial charge < -0.3 is 5.11 Å². The molecule has 0 bridgehead atoms. The summed E-state index contributed by atoms with van der Waals surface area (Å²) in [4.78, 5) is 0. The number of rotatable bonds is 5. The molecule has 0 spiro atoms. The maximum Gasteiger partial charge on any atom is 0.153 e. The number of hydrogen-bond donors (Lipinski definition) is 1. The number of unbranched alkanes of at least 4 members (excludes halogenated alkanes) is 2. The van der Waals surface area contributed by atoms with Gasteiger partial charge in [0, 0.05) is 0 Å². The van der Waals surface area contributed by atoms with Crippen LogP contribution < -0.4 is 0 Å². The second-order valence-electron chi connectivity index (χ2n) is 4.50. The van der Waals surface area contributed by atoms with E-state index in [0.717, 1.165) is 19.3 Å². The maximum absolute atomic E-state index is 11.9. The lowest BCUT2D eigenvalue weighted by Gasteiger charge is -2.25. The molecule has 0 atom stereocenters. The van der Waals surface area contributed by atoms with E-state index in [1.807, 2.05) is 0 Å². The summed E-state index contributed by atoms with van der Waals surface area (Å²) >= 11 is 0. The minimum absolute atomic E-state index is 0.183. The Morgan fingerprint density at radius 1 is 1.13 bits per heavy atom. The highest BCUT2D eigenvalue weighted by Crippen LogP contribution is 2.25. The van der Waals surface area contributed by atoms with Crippen LogP contribution in [0.25, 0.3) is 0 Å². The number of hydrogen-bond acceptors (Lipinski definition) is 3. The van der Waals surface area contributed by atoms with E-state index in [4.69, 9.17) is 0 Å². The summed E-state index contributed by atoms with van der Waals surface area (Å²) < 4.78 is 23.8. The zero-order valence-corrected chi connectivity index (χ0v) is 10.3. The molecule has 90 valence electrons. The van der Waals surface area contributed by atoms with Crippen LogP contribution in [0.15, 0.2) is 0 Å². The Hall–Kier alpha value is -0.0900. The first-order valence-electron chi connectivity index (χ1n) is 5.96. The molecule has 0 aromatic rings. The minimum atomic E-state index is -2.89. The van der Waals surface area contributed by atoms with Gasteiger partial charge in [0.1, 0.15) is 0 Å². The topological polar surface area (TPSA) is 54.4 Å². The third-order valence-electron chi connectivity index (χ3n) is 3.18. The van der Waals surface area contributed by atoms with Crippen LogP contribution >= 0.6 is 0 Å². The molecule has 1 N–H and O–H groups in total. The van der Waals surface area contributed by atoms with Crippen molar-refractivity contribution in [3.05, 3.63) is 0 Å². The third kappa shape index (κ3) is 4.11. The zero-order chi connectivity index (χ0) is 11.3. The smallest absolute Gasteiger partial charge is 0.153 e. The highest BCUT2D eigenvalue weighted by atomic mass is 32.2. The van der Waals surface area contributed by atoms with E-state index >= 15 is 0 Å². The number of aliphatic hydroxyl groups is 1. The fraction of sp³-hybridized carbons (Fsp3) is 1.00. The van der Waals surface area contributed by atoms with Crippen molar-refractivity contribution in [3.8, 4) is 0 Å². The van der Waals surface area contributed by atoms with E-state index in [1.165, 1.54) is 0 Å². The van der Waals surface area contributed by atoms with Gasteiger partial charge >= 0.3 is 0 Å². The Labute approximate surface area is 92.8 Å². The molecule has 0 unspecified atom stereocenters. The average molecular weight is 234 g/mol. The van der Waals surface area contributed by atoms with Gasteiger partial charge in [-0.2, -0.15) is 0 Å². The number of sulfone groups is 1. The molecule has 0 radical (unpaired) electrons. The fourth-order valence-corrected chi connectivity index (χ4v) is 4.05. The molecule has 0 aromatic carbocycles. The van der Waals surface area contributed by atoms with Gasteiger partial charge in [0.05, 0.1) is 17.1 Å². The molecule has 1 rings (SSSR count). The SMILES string of the molecule is CCCCCS(=O)(=O)C1CCC(O)CC1. The van der Waals surface area contributed by atoms with Crippen LogP contribution in [0.4, 0.5) is 0 Å². The van der Waals surface area contributed by atoms with Crippen molar-refractivity contribution in [1.82, 2.24) is 0 Å². The van der Waals surface area contributed by atoms with Gasteiger partial charge in [0.15, 0.2) is 9.84 Å². The monoisotopic (exact) mass is 234 g/mol. The molecule has 0 amide bonds. The molecule has 0 heterocycles. The van der Waals surface area contributed by atoms with E-state index in [1.54, 1.807) is 0 Å². The van der Waals surface area contributed by atoms with Crippen LogP contribution in [-0.4, -0.2) is 30.6 Å². The number of aliphatic hydroxyl groups excluding tert-OH is 1. The first kappa shape index (κ1) is 13.0. The summed E-state index contributed by atoms with van der Waals surface area (Å²) in [5, 5.41) is 9.13. The van der Waals surface area contributed by atoms with Gasteiger partial charge in [0.25, 0.3) is 0 Å². The molecule has 15 heavy (non-hydrogen) atoms. The molecular weight excluding hydrogens is 212 g/mol. The summed E-state index contributed by atoms with van der Waals surface area (Å²) in [5.41, 5.74) is 0. The Morgan fingerprint density at radius 3 is 2.27 bits per heavy atom. The zero-order valence-electron chi connectivity index (χ0n) is 9.48. The molecule has 0 saturated heterocycles. The van der Waals surface area contributed by atoms with Gasteiger partial charge in [-0.25, -0.2) is 8.42 Å². The lowest BCUT2D eigenvalue weighted by molar-refractivity contribution is 0.131. The predicted octanol–water partition coefficient (Wildman–Crippen LogP) is 1.89. The molecule has 1 saturated carbocycles. The molecule has 4 heteroatoms. The van der Waals surface area contributed by atoms with Crippen LogP contribution in [0, 0.1) is 0 Å². The summed E-state index contributed by atoms with van der Waals surface area (Å²) in [6.45, 7) is 2.07. The van der Waals surface area contributed by atoms with Crippen molar-refractivity contribution in [1.29, 1.82) is 0 Å². The standard InChI is InChI=1S/C11H22O3S/c1-2-3-4-9-15(13,14)11-7-5-10(12)6-8-11/h10-12H,2-9H2,1H3. The highest BCUT2D eigenvalue weighted by molar-refractivity contribution is 7.92. The predicted molar refractivity (Wildman–Crippen MR) is 61.6 cm³/mol. The van der Waals surface area contributed by atoms with Crippen LogP contribution in [0.2, 0.25) is 0 Å². The molecule has 0 aliphatic heterocycles. The quantitative estimate of drug-likeness (QED) is 0.739. The first-order chi connectivity index (χ1) is 7.06. The van der Waals surface area contributed by atoms with Gasteiger partial charge in [-0.1, -0.05) is 19.8 Å². The lowest BCUT2D eigenvalue weighted by atomic mass is 9.97. The lowest BCUT2D eigenvalue weighted by Crippen LogP contribution is -2.30. The second-order valence-corrected chi connectivity index (χ2v) is 6.91. The molecule has 1 aliphatic carbocycles. The van der Waals surface area contributed by atoms with Crippen molar-refractivity contribution in [2.24, 2.45) is 0 Å². The Balaban J connectivity index is 2.40. The van der Waals surface area contributed by atoms with E-state index < -0.39 is 9.84 Å². The van der Waals surface area contributed by atoms with Gasteiger partial charge in [-0.3, -0.25) is 0 Å². The van der Waals surface area contributed by atoms with Gasteiger partial charge in [-0.15, -0.1) is 0 Å². The first-order valence-corrected chi connectivity index (χ1v) is 7.67.